The Morgan fingerprint density at radius 3 is 2.75 bits per heavy atom. The summed E-state index contributed by atoms with van der Waals surface area (Å²) in [5.74, 6) is -0.817. The molecular formula is C9H10BrN3O3. The summed E-state index contributed by atoms with van der Waals surface area (Å²) in [6, 6.07) is 1.51. The minimum absolute atomic E-state index is 0.185. The minimum Gasteiger partial charge on any atom is -0.360 e. The van der Waals surface area contributed by atoms with Crippen LogP contribution in [-0.2, 0) is 9.59 Å². The average molecular weight is 288 g/mol. The van der Waals surface area contributed by atoms with Gasteiger partial charge < -0.3 is 9.84 Å². The molecule has 1 rings (SSSR count). The van der Waals surface area contributed by atoms with E-state index in [1.165, 1.54) is 6.07 Å². The summed E-state index contributed by atoms with van der Waals surface area (Å²) >= 11 is 3.05. The molecule has 0 radical (unpaired) electrons. The molecule has 0 aromatic carbocycles. The molecule has 16 heavy (non-hydrogen) atoms. The number of nitrogens with one attached hydrogen (secondary N) is 2. The average Bonchev–Trinajstić information content (AvgIpc) is 2.60. The molecule has 0 saturated heterocycles. The topological polar surface area (TPSA) is 84.2 Å². The quantitative estimate of drug-likeness (QED) is 0.811. The Bertz CT molecular complexity index is 427. The number of nitrogens with zero attached hydrogens (tertiary/aromatic N) is 1. The zero-order valence-electron chi connectivity index (χ0n) is 8.54. The molecule has 0 aliphatic carbocycles. The molecule has 1 aromatic rings. The molecule has 7 heteroatoms. The minimum atomic E-state index is -0.804. The highest BCUT2D eigenvalue weighted by Gasteiger charge is 2.14. The van der Waals surface area contributed by atoms with E-state index in [0.717, 1.165) is 0 Å². The van der Waals surface area contributed by atoms with Gasteiger partial charge in [-0.2, -0.15) is 0 Å². The molecule has 0 aliphatic heterocycles. The Labute approximate surface area is 100 Å². The van der Waals surface area contributed by atoms with E-state index in [4.69, 9.17) is 4.52 Å². The van der Waals surface area contributed by atoms with E-state index in [9.17, 15) is 9.59 Å². The summed E-state index contributed by atoms with van der Waals surface area (Å²) in [5, 5.41) is 8.16. The molecule has 0 aliphatic rings. The Morgan fingerprint density at radius 1 is 1.56 bits per heavy atom. The first kappa shape index (κ1) is 12.4. The molecule has 0 saturated carbocycles. The van der Waals surface area contributed by atoms with Crippen LogP contribution in [0.1, 0.15) is 5.76 Å². The highest BCUT2D eigenvalue weighted by atomic mass is 79.9. The second kappa shape index (κ2) is 5.45. The fourth-order valence-electron chi connectivity index (χ4n) is 0.855. The third-order valence-electron chi connectivity index (χ3n) is 1.52. The summed E-state index contributed by atoms with van der Waals surface area (Å²) in [6.45, 7) is 5.38. The van der Waals surface area contributed by atoms with Crippen molar-refractivity contribution in [1.29, 1.82) is 0 Å². The van der Waals surface area contributed by atoms with Crippen molar-refractivity contribution < 1.29 is 14.1 Å². The van der Waals surface area contributed by atoms with Crippen LogP contribution in [0.25, 0.3) is 0 Å². The molecule has 1 heterocycles. The van der Waals surface area contributed by atoms with E-state index in [1.54, 1.807) is 6.92 Å². The summed E-state index contributed by atoms with van der Waals surface area (Å²) in [6.07, 6.45) is 0. The van der Waals surface area contributed by atoms with Gasteiger partial charge in [0.1, 0.15) is 5.76 Å². The summed E-state index contributed by atoms with van der Waals surface area (Å²) in [5.41, 5.74) is 0. The SMILES string of the molecule is C=C(Br)CNC(=O)C(=O)Nc1cc(C)on1. The number of anilines is 1. The lowest BCUT2D eigenvalue weighted by Crippen LogP contribution is -2.35. The first-order valence-corrected chi connectivity index (χ1v) is 5.14. The van der Waals surface area contributed by atoms with Gasteiger partial charge in [0.25, 0.3) is 0 Å². The van der Waals surface area contributed by atoms with Crippen LogP contribution in [0.5, 0.6) is 0 Å². The second-order valence-electron chi connectivity index (χ2n) is 2.98. The van der Waals surface area contributed by atoms with E-state index in [0.29, 0.717) is 10.2 Å². The van der Waals surface area contributed by atoms with Crippen molar-refractivity contribution in [3.8, 4) is 0 Å². The van der Waals surface area contributed by atoms with Crippen LogP contribution in [-0.4, -0.2) is 23.5 Å². The Hall–Kier alpha value is -1.63. The maximum absolute atomic E-state index is 11.3. The van der Waals surface area contributed by atoms with Gasteiger partial charge in [-0.25, -0.2) is 0 Å². The van der Waals surface area contributed by atoms with Crippen LogP contribution in [0.2, 0.25) is 0 Å². The molecule has 0 bridgehead atoms. The Morgan fingerprint density at radius 2 is 2.25 bits per heavy atom. The van der Waals surface area contributed by atoms with Gasteiger partial charge in [0.15, 0.2) is 5.82 Å². The van der Waals surface area contributed by atoms with E-state index >= 15 is 0 Å². The zero-order chi connectivity index (χ0) is 12.1. The number of hydrogen-bond donors (Lipinski definition) is 2. The number of aromatic nitrogens is 1. The van der Waals surface area contributed by atoms with E-state index < -0.39 is 11.8 Å². The lowest BCUT2D eigenvalue weighted by molar-refractivity contribution is -0.136. The smallest absolute Gasteiger partial charge is 0.314 e. The predicted octanol–water partition coefficient (Wildman–Crippen LogP) is 0.946. The fraction of sp³-hybridized carbons (Fsp3) is 0.222. The van der Waals surface area contributed by atoms with Gasteiger partial charge in [-0.3, -0.25) is 14.9 Å². The van der Waals surface area contributed by atoms with Crippen molar-refractivity contribution in [2.24, 2.45) is 0 Å². The number of carbonyl (C=O) groups is 2. The lowest BCUT2D eigenvalue weighted by atomic mass is 10.4. The maximum atomic E-state index is 11.3. The Kier molecular flexibility index (Phi) is 4.24. The molecule has 2 N–H and O–H groups in total. The van der Waals surface area contributed by atoms with Crippen molar-refractivity contribution in [3.05, 3.63) is 22.9 Å². The standard InChI is InChI=1S/C9H10BrN3O3/c1-5(10)4-11-8(14)9(15)12-7-3-6(2)16-13-7/h3H,1,4H2,2H3,(H,11,14)(H,12,13,15). The maximum Gasteiger partial charge on any atom is 0.314 e. The van der Waals surface area contributed by atoms with Crippen molar-refractivity contribution in [2.75, 3.05) is 11.9 Å². The highest BCUT2D eigenvalue weighted by molar-refractivity contribution is 9.11. The van der Waals surface area contributed by atoms with E-state index in [2.05, 4.69) is 38.3 Å². The number of amides is 2. The van der Waals surface area contributed by atoms with E-state index in [1.807, 2.05) is 0 Å². The van der Waals surface area contributed by atoms with Crippen LogP contribution < -0.4 is 10.6 Å². The van der Waals surface area contributed by atoms with Crippen LogP contribution in [0, 0.1) is 6.92 Å². The van der Waals surface area contributed by atoms with Crippen LogP contribution in [0.4, 0.5) is 5.82 Å². The monoisotopic (exact) mass is 287 g/mol. The molecule has 0 fully saturated rings. The first-order chi connectivity index (χ1) is 7.49. The van der Waals surface area contributed by atoms with Crippen molar-refractivity contribution in [2.45, 2.75) is 6.92 Å². The zero-order valence-corrected chi connectivity index (χ0v) is 10.1. The normalized spacial score (nSPS) is 9.62. The molecule has 0 atom stereocenters. The molecule has 0 unspecified atom stereocenters. The van der Waals surface area contributed by atoms with Gasteiger partial charge >= 0.3 is 11.8 Å². The summed E-state index contributed by atoms with van der Waals surface area (Å²) < 4.78 is 5.30. The molecule has 2 amide bonds. The van der Waals surface area contributed by atoms with Crippen LogP contribution >= 0.6 is 15.9 Å². The fourth-order valence-corrected chi connectivity index (χ4v) is 0.995. The highest BCUT2D eigenvalue weighted by Crippen LogP contribution is 2.06. The van der Waals surface area contributed by atoms with Crippen LogP contribution in [0.3, 0.4) is 0 Å². The third kappa shape index (κ3) is 3.85. The summed E-state index contributed by atoms with van der Waals surface area (Å²) in [7, 11) is 0. The molecule has 0 spiro atoms. The molecule has 6 nitrogen and oxygen atoms in total. The van der Waals surface area contributed by atoms with Gasteiger partial charge in [0.2, 0.25) is 0 Å². The van der Waals surface area contributed by atoms with Crippen molar-refractivity contribution in [3.63, 3.8) is 0 Å². The van der Waals surface area contributed by atoms with Gasteiger partial charge in [0.05, 0.1) is 0 Å². The van der Waals surface area contributed by atoms with Gasteiger partial charge in [0, 0.05) is 17.1 Å². The molecule has 86 valence electrons. The third-order valence-corrected chi connectivity index (χ3v) is 1.80. The van der Waals surface area contributed by atoms with Gasteiger partial charge in [-0.05, 0) is 6.92 Å². The molecular weight excluding hydrogens is 278 g/mol. The first-order valence-electron chi connectivity index (χ1n) is 4.35. The summed E-state index contributed by atoms with van der Waals surface area (Å²) in [4.78, 5) is 22.5. The largest absolute Gasteiger partial charge is 0.360 e. The number of aryl methyl sites for hydroxylation is 1. The molecule has 1 aromatic heterocycles. The lowest BCUT2D eigenvalue weighted by Gasteiger charge is -2.02. The van der Waals surface area contributed by atoms with Gasteiger partial charge in [-0.15, -0.1) is 0 Å². The van der Waals surface area contributed by atoms with Crippen molar-refractivity contribution >= 4 is 33.6 Å². The van der Waals surface area contributed by atoms with Gasteiger partial charge in [-0.1, -0.05) is 27.7 Å². The van der Waals surface area contributed by atoms with Crippen LogP contribution in [0.15, 0.2) is 21.7 Å². The second-order valence-corrected chi connectivity index (χ2v) is 4.10. The number of halogens is 1. The number of rotatable bonds is 3. The van der Waals surface area contributed by atoms with E-state index in [-0.39, 0.29) is 12.4 Å². The Balaban J connectivity index is 2.46. The number of hydrogen-bond acceptors (Lipinski definition) is 4. The predicted molar refractivity (Wildman–Crippen MR) is 60.9 cm³/mol. The van der Waals surface area contributed by atoms with Crippen molar-refractivity contribution in [1.82, 2.24) is 10.5 Å². The number of carbonyl (C=O) groups excluding carboxylic acids is 2.